The molecule has 0 saturated carbocycles. The van der Waals surface area contributed by atoms with E-state index in [4.69, 9.17) is 4.74 Å². The van der Waals surface area contributed by atoms with Gasteiger partial charge >= 0.3 is 0 Å². The average molecular weight is 373 g/mol. The summed E-state index contributed by atoms with van der Waals surface area (Å²) < 4.78 is 10.4. The van der Waals surface area contributed by atoms with Gasteiger partial charge in [-0.25, -0.2) is 4.98 Å². The summed E-state index contributed by atoms with van der Waals surface area (Å²) in [5, 5.41) is 4.39. The highest BCUT2D eigenvalue weighted by atomic mass is 16.5. The summed E-state index contributed by atoms with van der Waals surface area (Å²) in [5.41, 5.74) is 1.36. The van der Waals surface area contributed by atoms with E-state index in [9.17, 15) is 0 Å². The topological polar surface area (TPSA) is 51.4 Å². The van der Waals surface area contributed by atoms with Crippen molar-refractivity contribution in [2.24, 2.45) is 7.05 Å². The Hall–Kier alpha value is -1.70. The van der Waals surface area contributed by atoms with Crippen molar-refractivity contribution in [3.05, 3.63) is 36.2 Å². The van der Waals surface area contributed by atoms with Crippen LogP contribution in [0.1, 0.15) is 31.2 Å². The van der Waals surface area contributed by atoms with Gasteiger partial charge in [-0.1, -0.05) is 0 Å². The fourth-order valence-corrected chi connectivity index (χ4v) is 4.35. The smallest absolute Gasteiger partial charge is 0.109 e. The highest BCUT2D eigenvalue weighted by Crippen LogP contribution is 2.30. The number of piperidine rings is 1. The van der Waals surface area contributed by atoms with Gasteiger partial charge < -0.3 is 9.30 Å². The van der Waals surface area contributed by atoms with Gasteiger partial charge in [0.2, 0.25) is 0 Å². The fraction of sp³-hybridized carbons (Fsp3) is 0.700. The zero-order valence-corrected chi connectivity index (χ0v) is 16.7. The summed E-state index contributed by atoms with van der Waals surface area (Å²) in [7, 11) is 2.07. The molecule has 0 unspecified atom stereocenters. The molecule has 2 aromatic heterocycles. The van der Waals surface area contributed by atoms with Crippen LogP contribution in [0.5, 0.6) is 0 Å². The molecule has 2 aliphatic heterocycles. The molecule has 7 nitrogen and oxygen atoms in total. The first-order valence-electron chi connectivity index (χ1n) is 10.2. The van der Waals surface area contributed by atoms with E-state index in [0.29, 0.717) is 0 Å². The van der Waals surface area contributed by atoms with Crippen LogP contribution in [0.2, 0.25) is 0 Å². The molecule has 0 N–H and O–H groups in total. The lowest BCUT2D eigenvalue weighted by molar-refractivity contribution is -0.136. The number of aromatic nitrogens is 4. The second-order valence-corrected chi connectivity index (χ2v) is 7.99. The van der Waals surface area contributed by atoms with Crippen LogP contribution in [0.25, 0.3) is 0 Å². The molecule has 2 aromatic rings. The van der Waals surface area contributed by atoms with E-state index in [0.717, 1.165) is 77.5 Å². The first-order valence-corrected chi connectivity index (χ1v) is 10.2. The minimum absolute atomic E-state index is 0.0456. The van der Waals surface area contributed by atoms with Crippen molar-refractivity contribution in [1.82, 2.24) is 29.1 Å². The number of rotatable bonds is 6. The van der Waals surface area contributed by atoms with Crippen molar-refractivity contribution in [3.8, 4) is 0 Å². The van der Waals surface area contributed by atoms with Gasteiger partial charge in [-0.3, -0.25) is 14.5 Å². The maximum Gasteiger partial charge on any atom is 0.109 e. The van der Waals surface area contributed by atoms with Crippen molar-refractivity contribution in [3.63, 3.8) is 0 Å². The van der Waals surface area contributed by atoms with Gasteiger partial charge in [0.25, 0.3) is 0 Å². The maximum atomic E-state index is 6.31. The third kappa shape index (κ3) is 4.42. The first-order chi connectivity index (χ1) is 13.2. The number of likely N-dealkylation sites (tertiary alicyclic amines) is 1. The number of aryl methyl sites for hydroxylation is 2. The zero-order valence-electron chi connectivity index (χ0n) is 16.7. The number of hydrogen-bond acceptors (Lipinski definition) is 5. The number of imidazole rings is 1. The lowest BCUT2D eigenvalue weighted by atomic mass is 9.89. The molecule has 2 aliphatic rings. The maximum absolute atomic E-state index is 6.31. The van der Waals surface area contributed by atoms with Crippen LogP contribution in [-0.2, 0) is 31.3 Å². The number of nitrogens with zero attached hydrogens (tertiary/aromatic N) is 6. The third-order valence-corrected chi connectivity index (χ3v) is 6.08. The molecule has 0 bridgehead atoms. The number of ether oxygens (including phenoxy) is 1. The Morgan fingerprint density at radius 2 is 2.04 bits per heavy atom. The van der Waals surface area contributed by atoms with Gasteiger partial charge in [-0.05, 0) is 19.8 Å². The Balaban J connectivity index is 1.27. The van der Waals surface area contributed by atoms with Crippen LogP contribution >= 0.6 is 0 Å². The molecule has 2 fully saturated rings. The second kappa shape index (κ2) is 8.12. The summed E-state index contributed by atoms with van der Waals surface area (Å²) in [6, 6.07) is 0. The van der Waals surface area contributed by atoms with Gasteiger partial charge in [-0.15, -0.1) is 0 Å². The monoisotopic (exact) mass is 372 g/mol. The van der Waals surface area contributed by atoms with E-state index in [1.54, 1.807) is 0 Å². The quantitative estimate of drug-likeness (QED) is 0.770. The molecule has 0 atom stereocenters. The Labute approximate surface area is 161 Å². The molecule has 0 radical (unpaired) electrons. The predicted octanol–water partition coefficient (Wildman–Crippen LogP) is 1.55. The lowest BCUT2D eigenvalue weighted by Gasteiger charge is -2.47. The van der Waals surface area contributed by atoms with E-state index in [1.807, 2.05) is 23.3 Å². The van der Waals surface area contributed by atoms with Crippen LogP contribution < -0.4 is 0 Å². The normalized spacial score (nSPS) is 21.1. The Kier molecular flexibility index (Phi) is 5.61. The van der Waals surface area contributed by atoms with Gasteiger partial charge in [-0.2, -0.15) is 5.10 Å². The average Bonchev–Trinajstić information content (AvgIpc) is 3.31. The number of hydrogen-bond donors (Lipinski definition) is 0. The highest BCUT2D eigenvalue weighted by Gasteiger charge is 2.39. The van der Waals surface area contributed by atoms with Crippen LogP contribution in [0, 0.1) is 0 Å². The zero-order chi connectivity index (χ0) is 18.7. The molecular formula is C20H32N6O. The molecule has 148 valence electrons. The summed E-state index contributed by atoms with van der Waals surface area (Å²) in [6.07, 6.45) is 11.3. The summed E-state index contributed by atoms with van der Waals surface area (Å²) in [4.78, 5) is 9.56. The van der Waals surface area contributed by atoms with E-state index in [1.165, 1.54) is 5.56 Å². The van der Waals surface area contributed by atoms with Crippen molar-refractivity contribution < 1.29 is 4.74 Å². The van der Waals surface area contributed by atoms with Gasteiger partial charge in [0.05, 0.1) is 18.4 Å². The fourth-order valence-electron chi connectivity index (χ4n) is 4.35. The minimum atomic E-state index is 0.0456. The first kappa shape index (κ1) is 18.7. The summed E-state index contributed by atoms with van der Waals surface area (Å²) >= 11 is 0. The molecule has 4 rings (SSSR count). The van der Waals surface area contributed by atoms with Crippen molar-refractivity contribution in [2.75, 3.05) is 39.3 Å². The van der Waals surface area contributed by atoms with Crippen LogP contribution in [0.15, 0.2) is 24.8 Å². The molecule has 4 heterocycles. The van der Waals surface area contributed by atoms with Crippen molar-refractivity contribution >= 4 is 0 Å². The van der Waals surface area contributed by atoms with Crippen LogP contribution in [-0.4, -0.2) is 74.1 Å². The molecule has 1 spiro atoms. The molecule has 0 aliphatic carbocycles. The van der Waals surface area contributed by atoms with E-state index < -0.39 is 0 Å². The van der Waals surface area contributed by atoms with Crippen molar-refractivity contribution in [1.29, 1.82) is 0 Å². The Morgan fingerprint density at radius 3 is 2.74 bits per heavy atom. The second-order valence-electron chi connectivity index (χ2n) is 7.99. The molecule has 0 aromatic carbocycles. The third-order valence-electron chi connectivity index (χ3n) is 6.08. The van der Waals surface area contributed by atoms with E-state index in [-0.39, 0.29) is 5.60 Å². The Morgan fingerprint density at radius 1 is 1.19 bits per heavy atom. The molecule has 0 amide bonds. The van der Waals surface area contributed by atoms with Gasteiger partial charge in [0, 0.05) is 83.4 Å². The molecule has 27 heavy (non-hydrogen) atoms. The predicted molar refractivity (Wildman–Crippen MR) is 104 cm³/mol. The van der Waals surface area contributed by atoms with E-state index >= 15 is 0 Å². The molecule has 7 heteroatoms. The SMILES string of the molecule is CCn1cc(CN2CCC3(CC2)CN(CCc2nccn2C)CCO3)cn1. The summed E-state index contributed by atoms with van der Waals surface area (Å²) in [5.74, 6) is 1.16. The minimum Gasteiger partial charge on any atom is -0.372 e. The lowest BCUT2D eigenvalue weighted by Crippen LogP contribution is -2.57. The van der Waals surface area contributed by atoms with Gasteiger partial charge in [0.1, 0.15) is 5.82 Å². The van der Waals surface area contributed by atoms with Crippen LogP contribution in [0.3, 0.4) is 0 Å². The van der Waals surface area contributed by atoms with E-state index in [2.05, 4.69) is 44.6 Å². The Bertz CT molecular complexity index is 730. The summed E-state index contributed by atoms with van der Waals surface area (Å²) in [6.45, 7) is 10.3. The molecule has 2 saturated heterocycles. The van der Waals surface area contributed by atoms with Gasteiger partial charge in [0.15, 0.2) is 0 Å². The van der Waals surface area contributed by atoms with Crippen LogP contribution in [0.4, 0.5) is 0 Å². The number of morpholine rings is 1. The standard InChI is InChI=1S/C20H32N6O/c1-3-26-16-18(14-22-26)15-24-9-5-20(6-10-24)17-25(12-13-27-20)8-4-19-21-7-11-23(19)2/h7,11,14,16H,3-6,8-10,12-13,15,17H2,1-2H3. The largest absolute Gasteiger partial charge is 0.372 e. The molecular weight excluding hydrogens is 340 g/mol. The highest BCUT2D eigenvalue weighted by molar-refractivity contribution is 5.05. The van der Waals surface area contributed by atoms with Crippen molar-refractivity contribution in [2.45, 2.75) is 44.9 Å².